The summed E-state index contributed by atoms with van der Waals surface area (Å²) < 4.78 is 46.9. The fourth-order valence-corrected chi connectivity index (χ4v) is 3.53. The van der Waals surface area contributed by atoms with Crippen molar-refractivity contribution in [3.05, 3.63) is 39.1 Å². The molecule has 1 aromatic carbocycles. The Balaban J connectivity index is 2.57. The zero-order valence-electron chi connectivity index (χ0n) is 19.2. The molecule has 0 atom stereocenters. The number of aromatic nitrogens is 2. The first-order valence-electron chi connectivity index (χ1n) is 10.4. The van der Waals surface area contributed by atoms with Crippen LogP contribution >= 0.6 is 11.3 Å². The first kappa shape index (κ1) is 26.1. The van der Waals surface area contributed by atoms with Crippen LogP contribution in [-0.2, 0) is 18.1 Å². The molecule has 1 amide bonds. The van der Waals surface area contributed by atoms with E-state index in [0.717, 1.165) is 36.0 Å². The predicted octanol–water partition coefficient (Wildman–Crippen LogP) is 4.95. The highest BCUT2D eigenvalue weighted by Gasteiger charge is 2.32. The molecule has 2 rings (SSSR count). The van der Waals surface area contributed by atoms with E-state index in [2.05, 4.69) is 10.1 Å². The highest BCUT2D eigenvalue weighted by Crippen LogP contribution is 2.33. The summed E-state index contributed by atoms with van der Waals surface area (Å²) in [6, 6.07) is 2.64. The minimum absolute atomic E-state index is 0.0745. The Morgan fingerprint density at radius 3 is 2.41 bits per heavy atom. The highest BCUT2D eigenvalue weighted by molar-refractivity contribution is 7.09. The van der Waals surface area contributed by atoms with Gasteiger partial charge in [0.05, 0.1) is 16.7 Å². The average molecular weight is 474 g/mol. The molecule has 178 valence electrons. The highest BCUT2D eigenvalue weighted by atomic mass is 32.1. The lowest BCUT2D eigenvalue weighted by molar-refractivity contribution is -0.137. The van der Waals surface area contributed by atoms with Crippen molar-refractivity contribution in [2.75, 3.05) is 6.61 Å². The maximum atomic E-state index is 13.3. The quantitative estimate of drug-likeness (QED) is 0.617. The lowest BCUT2D eigenvalue weighted by Crippen LogP contribution is -2.28. The van der Waals surface area contributed by atoms with Crippen LogP contribution in [0.4, 0.5) is 13.2 Å². The number of benzene rings is 1. The molecule has 0 fully saturated rings. The normalized spacial score (nSPS) is 13.5. The second-order valence-corrected chi connectivity index (χ2v) is 10.2. The van der Waals surface area contributed by atoms with Crippen molar-refractivity contribution >= 4 is 17.2 Å². The number of alkyl halides is 3. The number of nitrogens with zero attached hydrogens (tertiary/aromatic N) is 3. The zero-order valence-corrected chi connectivity index (χ0v) is 20.0. The van der Waals surface area contributed by atoms with E-state index in [0.29, 0.717) is 11.3 Å². The van der Waals surface area contributed by atoms with Crippen LogP contribution in [0.25, 0.3) is 0 Å². The number of carbonyl (C=O) groups excluding carboxylic acids is 1. The second-order valence-electron chi connectivity index (χ2n) is 9.24. The van der Waals surface area contributed by atoms with Crippen LogP contribution in [0.15, 0.2) is 23.2 Å². The topological polar surface area (TPSA) is 76.7 Å². The first-order valence-corrected chi connectivity index (χ1v) is 11.2. The van der Waals surface area contributed by atoms with E-state index >= 15 is 0 Å². The number of hydrogen-bond acceptors (Lipinski definition) is 5. The zero-order chi connectivity index (χ0) is 24.3. The second kappa shape index (κ2) is 9.74. The van der Waals surface area contributed by atoms with Crippen LogP contribution in [0.2, 0.25) is 0 Å². The summed E-state index contributed by atoms with van der Waals surface area (Å²) in [7, 11) is 0. The minimum atomic E-state index is -4.63. The fourth-order valence-electron chi connectivity index (χ4n) is 2.55. The molecule has 2 aromatic rings. The van der Waals surface area contributed by atoms with Gasteiger partial charge in [0.25, 0.3) is 5.91 Å². The molecule has 0 aliphatic carbocycles. The number of aliphatic hydroxyl groups is 1. The van der Waals surface area contributed by atoms with Gasteiger partial charge in [-0.1, -0.05) is 45.5 Å². The van der Waals surface area contributed by atoms with Crippen molar-refractivity contribution in [1.29, 1.82) is 0 Å². The van der Waals surface area contributed by atoms with Crippen molar-refractivity contribution in [3.8, 4) is 5.75 Å². The Morgan fingerprint density at radius 2 is 1.88 bits per heavy atom. The Kier molecular flexibility index (Phi) is 7.93. The van der Waals surface area contributed by atoms with Gasteiger partial charge in [0.2, 0.25) is 4.80 Å². The summed E-state index contributed by atoms with van der Waals surface area (Å²) in [4.78, 5) is 17.4. The van der Waals surface area contributed by atoms with E-state index in [9.17, 15) is 23.1 Å². The molecule has 0 aliphatic heterocycles. The van der Waals surface area contributed by atoms with Crippen LogP contribution < -0.4 is 9.54 Å². The molecule has 0 unspecified atom stereocenters. The number of hydrogen-bond donors (Lipinski definition) is 1. The largest absolute Gasteiger partial charge is 0.490 e. The van der Waals surface area contributed by atoms with Crippen molar-refractivity contribution < 1.29 is 27.8 Å². The van der Waals surface area contributed by atoms with Crippen LogP contribution in [0.3, 0.4) is 0 Å². The van der Waals surface area contributed by atoms with Crippen molar-refractivity contribution in [1.82, 2.24) is 9.78 Å². The van der Waals surface area contributed by atoms with Crippen LogP contribution in [0, 0.1) is 0 Å². The van der Waals surface area contributed by atoms with Gasteiger partial charge in [-0.2, -0.15) is 23.3 Å². The van der Waals surface area contributed by atoms with Crippen molar-refractivity contribution in [3.63, 3.8) is 0 Å². The van der Waals surface area contributed by atoms with E-state index in [4.69, 9.17) is 4.74 Å². The van der Waals surface area contributed by atoms with E-state index in [-0.39, 0.29) is 23.3 Å². The third-order valence-electron chi connectivity index (χ3n) is 4.30. The van der Waals surface area contributed by atoms with Gasteiger partial charge in [-0.15, -0.1) is 0 Å². The molecule has 0 saturated carbocycles. The predicted molar refractivity (Wildman–Crippen MR) is 117 cm³/mol. The van der Waals surface area contributed by atoms with Gasteiger partial charge < -0.3 is 9.84 Å². The lowest BCUT2D eigenvalue weighted by atomic mass is 9.98. The number of ether oxygens (including phenoxy) is 1. The first-order chi connectivity index (χ1) is 14.6. The van der Waals surface area contributed by atoms with Gasteiger partial charge >= 0.3 is 6.18 Å². The van der Waals surface area contributed by atoms with Gasteiger partial charge in [-0.3, -0.25) is 4.79 Å². The summed E-state index contributed by atoms with van der Waals surface area (Å²) >= 11 is 1.23. The molecule has 32 heavy (non-hydrogen) atoms. The van der Waals surface area contributed by atoms with Gasteiger partial charge in [-0.25, -0.2) is 4.68 Å². The number of rotatable bonds is 7. The van der Waals surface area contributed by atoms with Gasteiger partial charge in [0.1, 0.15) is 17.4 Å². The molecule has 1 aromatic heterocycles. The maximum Gasteiger partial charge on any atom is 0.416 e. The SMILES string of the molecule is CCCCn1nc(C(C)(C)C)s/c1=N\C(=O)c1cc(C(F)(F)F)ccc1OCC(C)(C)O. The molecule has 0 saturated heterocycles. The Morgan fingerprint density at radius 1 is 1.22 bits per heavy atom. The van der Waals surface area contributed by atoms with Crippen molar-refractivity contribution in [2.24, 2.45) is 4.99 Å². The summed E-state index contributed by atoms with van der Waals surface area (Å²) in [5.74, 6) is -0.939. The molecule has 0 spiro atoms. The van der Waals surface area contributed by atoms with E-state index in [1.807, 2.05) is 27.7 Å². The molecular weight excluding hydrogens is 443 g/mol. The lowest BCUT2D eigenvalue weighted by Gasteiger charge is -2.19. The smallest absolute Gasteiger partial charge is 0.416 e. The number of carbonyl (C=O) groups is 1. The van der Waals surface area contributed by atoms with Gasteiger partial charge in [0.15, 0.2) is 0 Å². The maximum absolute atomic E-state index is 13.3. The third kappa shape index (κ3) is 7.16. The number of unbranched alkanes of at least 4 members (excludes halogenated alkanes) is 1. The number of aryl methyl sites for hydroxylation is 1. The molecular formula is C22H30F3N3O3S. The summed E-state index contributed by atoms with van der Waals surface area (Å²) in [5, 5.41) is 15.2. The van der Waals surface area contributed by atoms with Gasteiger partial charge in [-0.05, 0) is 38.5 Å². The van der Waals surface area contributed by atoms with Crippen LogP contribution in [0.5, 0.6) is 5.75 Å². The Bertz CT molecular complexity index is 1010. The number of amides is 1. The van der Waals surface area contributed by atoms with E-state index < -0.39 is 23.2 Å². The minimum Gasteiger partial charge on any atom is -0.490 e. The Hall–Kier alpha value is -2.20. The fraction of sp³-hybridized carbons (Fsp3) is 0.591. The van der Waals surface area contributed by atoms with Crippen LogP contribution in [0.1, 0.15) is 75.3 Å². The molecule has 0 aliphatic rings. The molecule has 1 N–H and O–H groups in total. The molecule has 10 heteroatoms. The molecule has 1 heterocycles. The van der Waals surface area contributed by atoms with Gasteiger partial charge in [0, 0.05) is 12.0 Å². The third-order valence-corrected chi connectivity index (χ3v) is 5.67. The number of halogens is 3. The average Bonchev–Trinajstić information content (AvgIpc) is 3.06. The summed E-state index contributed by atoms with van der Waals surface area (Å²) in [6.07, 6.45) is -2.90. The standard InChI is InChI=1S/C22H30F3N3O3S/c1-7-8-11-28-19(32-18(27-28)20(2,3)4)26-17(29)15-12-14(22(23,24)25)9-10-16(15)31-13-21(5,6)30/h9-10,12,30H,7-8,11,13H2,1-6H3/b26-19-. The molecule has 0 radical (unpaired) electrons. The molecule has 6 nitrogen and oxygen atoms in total. The Labute approximate surface area is 189 Å². The molecule has 0 bridgehead atoms. The summed E-state index contributed by atoms with van der Waals surface area (Å²) in [5.41, 5.74) is -2.81. The van der Waals surface area contributed by atoms with E-state index in [1.54, 1.807) is 4.68 Å². The summed E-state index contributed by atoms with van der Waals surface area (Å²) in [6.45, 7) is 11.3. The van der Waals surface area contributed by atoms with E-state index in [1.165, 1.54) is 25.2 Å². The van der Waals surface area contributed by atoms with Crippen LogP contribution in [-0.4, -0.2) is 33.0 Å². The van der Waals surface area contributed by atoms with Crippen molar-refractivity contribution in [2.45, 2.75) is 78.1 Å². The monoisotopic (exact) mass is 473 g/mol.